The van der Waals surface area contributed by atoms with E-state index in [2.05, 4.69) is 9.97 Å². The van der Waals surface area contributed by atoms with E-state index < -0.39 is 0 Å². The molecule has 4 heteroatoms. The number of ether oxygens (including phenoxy) is 1. The third-order valence-electron chi connectivity index (χ3n) is 2.83. The molecule has 1 aliphatic rings. The number of nitrogens with one attached hydrogen (secondary N) is 1. The van der Waals surface area contributed by atoms with Gasteiger partial charge in [-0.15, -0.1) is 0 Å². The maximum absolute atomic E-state index is 11.7. The summed E-state index contributed by atoms with van der Waals surface area (Å²) in [6.07, 6.45) is 2.71. The lowest BCUT2D eigenvalue weighted by molar-refractivity contribution is 0.104. The van der Waals surface area contributed by atoms with Crippen LogP contribution in [0, 0.1) is 6.92 Å². The number of aromatic nitrogens is 2. The average molecular weight is 208 g/mol. The Bertz CT molecular complexity index is 406. The largest absolute Gasteiger partial charge is 0.370 e. The van der Waals surface area contributed by atoms with Gasteiger partial charge in [-0.1, -0.05) is 6.92 Å². The minimum atomic E-state index is -0.0181. The van der Waals surface area contributed by atoms with Crippen LogP contribution in [0.5, 0.6) is 0 Å². The average Bonchev–Trinajstić information content (AvgIpc) is 2.69. The van der Waals surface area contributed by atoms with Gasteiger partial charge in [0, 0.05) is 17.9 Å². The van der Waals surface area contributed by atoms with E-state index in [0.29, 0.717) is 5.82 Å². The zero-order valence-corrected chi connectivity index (χ0v) is 9.17. The van der Waals surface area contributed by atoms with Crippen LogP contribution in [0.1, 0.15) is 43.0 Å². The molecule has 15 heavy (non-hydrogen) atoms. The first-order valence-corrected chi connectivity index (χ1v) is 5.43. The van der Waals surface area contributed by atoms with Crippen molar-refractivity contribution in [1.82, 2.24) is 9.97 Å². The van der Waals surface area contributed by atoms with Gasteiger partial charge in [0.15, 0.2) is 0 Å². The molecule has 1 saturated heterocycles. The topological polar surface area (TPSA) is 55.0 Å². The molecule has 0 aromatic carbocycles. The van der Waals surface area contributed by atoms with E-state index in [-0.39, 0.29) is 11.7 Å². The fourth-order valence-corrected chi connectivity index (χ4v) is 1.99. The Labute approximate surface area is 88.7 Å². The van der Waals surface area contributed by atoms with E-state index in [4.69, 9.17) is 4.74 Å². The van der Waals surface area contributed by atoms with E-state index in [9.17, 15) is 4.79 Å². The summed E-state index contributed by atoms with van der Waals surface area (Å²) in [4.78, 5) is 18.9. The van der Waals surface area contributed by atoms with E-state index in [1.54, 1.807) is 0 Å². The van der Waals surface area contributed by atoms with Crippen LogP contribution in [0.4, 0.5) is 0 Å². The van der Waals surface area contributed by atoms with Crippen LogP contribution in [0.15, 0.2) is 4.79 Å². The summed E-state index contributed by atoms with van der Waals surface area (Å²) in [6, 6.07) is 0. The summed E-state index contributed by atoms with van der Waals surface area (Å²) >= 11 is 0. The van der Waals surface area contributed by atoms with Crippen LogP contribution < -0.4 is 5.56 Å². The van der Waals surface area contributed by atoms with Crippen molar-refractivity contribution in [3.8, 4) is 0 Å². The summed E-state index contributed by atoms with van der Waals surface area (Å²) < 4.78 is 5.49. The minimum Gasteiger partial charge on any atom is -0.370 e. The molecule has 0 spiro atoms. The summed E-state index contributed by atoms with van der Waals surface area (Å²) in [5.41, 5.74) is 1.58. The van der Waals surface area contributed by atoms with Crippen molar-refractivity contribution in [3.05, 3.63) is 27.4 Å². The predicted octanol–water partition coefficient (Wildman–Crippen LogP) is 1.49. The van der Waals surface area contributed by atoms with Gasteiger partial charge in [-0.3, -0.25) is 4.79 Å². The molecule has 2 rings (SSSR count). The molecule has 4 nitrogen and oxygen atoms in total. The SMILES string of the molecule is CCc1c(C)nc(C2CCCO2)[nH]c1=O. The van der Waals surface area contributed by atoms with Crippen molar-refractivity contribution in [3.63, 3.8) is 0 Å². The second kappa shape index (κ2) is 4.14. The van der Waals surface area contributed by atoms with Gasteiger partial charge in [0.25, 0.3) is 5.56 Å². The number of hydrogen-bond donors (Lipinski definition) is 1. The summed E-state index contributed by atoms with van der Waals surface area (Å²) in [5.74, 6) is 0.687. The normalized spacial score (nSPS) is 20.8. The number of aryl methyl sites for hydroxylation is 1. The minimum absolute atomic E-state index is 0.0118. The highest BCUT2D eigenvalue weighted by atomic mass is 16.5. The second-order valence-corrected chi connectivity index (χ2v) is 3.87. The zero-order chi connectivity index (χ0) is 10.8. The second-order valence-electron chi connectivity index (χ2n) is 3.87. The molecule has 0 bridgehead atoms. The molecule has 2 heterocycles. The van der Waals surface area contributed by atoms with Crippen molar-refractivity contribution in [2.24, 2.45) is 0 Å². The Morgan fingerprint density at radius 1 is 1.60 bits per heavy atom. The third kappa shape index (κ3) is 1.95. The van der Waals surface area contributed by atoms with Gasteiger partial charge >= 0.3 is 0 Å². The number of rotatable bonds is 2. The van der Waals surface area contributed by atoms with Crippen LogP contribution >= 0.6 is 0 Å². The molecule has 0 radical (unpaired) electrons. The molecule has 1 aromatic rings. The lowest BCUT2D eigenvalue weighted by Gasteiger charge is -2.10. The Hall–Kier alpha value is -1.16. The monoisotopic (exact) mass is 208 g/mol. The maximum atomic E-state index is 11.7. The molecule has 0 aliphatic carbocycles. The van der Waals surface area contributed by atoms with Crippen molar-refractivity contribution in [2.75, 3.05) is 6.61 Å². The summed E-state index contributed by atoms with van der Waals surface area (Å²) in [6.45, 7) is 4.61. The van der Waals surface area contributed by atoms with Gasteiger partial charge in [-0.2, -0.15) is 0 Å². The first-order chi connectivity index (χ1) is 7.22. The van der Waals surface area contributed by atoms with E-state index in [1.807, 2.05) is 13.8 Å². The molecule has 0 amide bonds. The number of H-pyrrole nitrogens is 1. The Kier molecular flexibility index (Phi) is 2.86. The molecule has 1 atom stereocenters. The highest BCUT2D eigenvalue weighted by Crippen LogP contribution is 2.25. The highest BCUT2D eigenvalue weighted by molar-refractivity contribution is 5.17. The lowest BCUT2D eigenvalue weighted by atomic mass is 10.1. The fourth-order valence-electron chi connectivity index (χ4n) is 1.99. The van der Waals surface area contributed by atoms with Gasteiger partial charge < -0.3 is 9.72 Å². The molecule has 1 aromatic heterocycles. The van der Waals surface area contributed by atoms with E-state index in [1.165, 1.54) is 0 Å². The Morgan fingerprint density at radius 2 is 2.40 bits per heavy atom. The zero-order valence-electron chi connectivity index (χ0n) is 9.17. The smallest absolute Gasteiger partial charge is 0.254 e. The van der Waals surface area contributed by atoms with Crippen molar-refractivity contribution < 1.29 is 4.74 Å². The van der Waals surface area contributed by atoms with Gasteiger partial charge in [0.05, 0.1) is 0 Å². The Morgan fingerprint density at radius 3 is 2.93 bits per heavy atom. The predicted molar refractivity (Wildman–Crippen MR) is 56.9 cm³/mol. The molecule has 1 aliphatic heterocycles. The number of aromatic amines is 1. The third-order valence-corrected chi connectivity index (χ3v) is 2.83. The molecule has 1 unspecified atom stereocenters. The molecule has 1 N–H and O–H groups in total. The fraction of sp³-hybridized carbons (Fsp3) is 0.636. The summed E-state index contributed by atoms with van der Waals surface area (Å²) in [5, 5.41) is 0. The molecule has 82 valence electrons. The number of hydrogen-bond acceptors (Lipinski definition) is 3. The Balaban J connectivity index is 2.38. The molecule has 0 saturated carbocycles. The van der Waals surface area contributed by atoms with Gasteiger partial charge in [0.2, 0.25) is 0 Å². The molecular formula is C11H16N2O2. The van der Waals surface area contributed by atoms with E-state index in [0.717, 1.165) is 37.1 Å². The van der Waals surface area contributed by atoms with Gasteiger partial charge in [0.1, 0.15) is 11.9 Å². The highest BCUT2D eigenvalue weighted by Gasteiger charge is 2.21. The van der Waals surface area contributed by atoms with Crippen molar-refractivity contribution in [1.29, 1.82) is 0 Å². The molecule has 1 fully saturated rings. The first-order valence-electron chi connectivity index (χ1n) is 5.43. The van der Waals surface area contributed by atoms with Crippen LogP contribution in [0.3, 0.4) is 0 Å². The van der Waals surface area contributed by atoms with Crippen LogP contribution in [-0.2, 0) is 11.2 Å². The van der Waals surface area contributed by atoms with Crippen LogP contribution in [-0.4, -0.2) is 16.6 Å². The molecular weight excluding hydrogens is 192 g/mol. The quantitative estimate of drug-likeness (QED) is 0.801. The maximum Gasteiger partial charge on any atom is 0.254 e. The van der Waals surface area contributed by atoms with Gasteiger partial charge in [-0.05, 0) is 26.2 Å². The van der Waals surface area contributed by atoms with Crippen LogP contribution in [0.25, 0.3) is 0 Å². The number of nitrogens with zero attached hydrogens (tertiary/aromatic N) is 1. The first kappa shape index (κ1) is 10.4. The standard InChI is InChI=1S/C11H16N2O2/c1-3-8-7(2)12-10(13-11(8)14)9-5-4-6-15-9/h9H,3-6H2,1-2H3,(H,12,13,14). The van der Waals surface area contributed by atoms with Crippen LogP contribution in [0.2, 0.25) is 0 Å². The van der Waals surface area contributed by atoms with E-state index >= 15 is 0 Å². The summed E-state index contributed by atoms with van der Waals surface area (Å²) in [7, 11) is 0. The van der Waals surface area contributed by atoms with Crippen molar-refractivity contribution in [2.45, 2.75) is 39.2 Å². The van der Waals surface area contributed by atoms with Crippen molar-refractivity contribution >= 4 is 0 Å². The van der Waals surface area contributed by atoms with Gasteiger partial charge in [-0.25, -0.2) is 4.98 Å². The lowest BCUT2D eigenvalue weighted by Crippen LogP contribution is -2.20.